The number of nitrogens with one attached hydrogen (secondary N) is 1. The summed E-state index contributed by atoms with van der Waals surface area (Å²) in [4.78, 5) is 22.9. The summed E-state index contributed by atoms with van der Waals surface area (Å²) in [6.07, 6.45) is -1.80. The molecule has 1 fully saturated rings. The Kier molecular flexibility index (Phi) is 5.72. The van der Waals surface area contributed by atoms with Gasteiger partial charge < -0.3 is 9.82 Å². The number of hydrogen-bond donors (Lipinski definition) is 1. The minimum absolute atomic E-state index is 0.227. The van der Waals surface area contributed by atoms with Crippen molar-refractivity contribution in [2.24, 2.45) is 0 Å². The average Bonchev–Trinajstić information content (AvgIpc) is 3.39. The Morgan fingerprint density at radius 1 is 1.16 bits per heavy atom. The molecule has 0 unspecified atom stereocenters. The number of fused-ring (bicyclic) bond motifs is 1. The Morgan fingerprint density at radius 3 is 2.44 bits per heavy atom. The first-order valence-electron chi connectivity index (χ1n) is 9.96. The first-order valence-corrected chi connectivity index (χ1v) is 11.4. The van der Waals surface area contributed by atoms with E-state index in [0.29, 0.717) is 36.9 Å². The van der Waals surface area contributed by atoms with Gasteiger partial charge in [0.05, 0.1) is 10.9 Å². The summed E-state index contributed by atoms with van der Waals surface area (Å²) in [5, 5.41) is 0.854. The molecule has 3 aromatic rings. The molecule has 0 bridgehead atoms. The van der Waals surface area contributed by atoms with Gasteiger partial charge in [0, 0.05) is 17.3 Å². The Bertz CT molecular complexity index is 1250. The lowest BCUT2D eigenvalue weighted by Crippen LogP contribution is -2.43. The van der Waals surface area contributed by atoms with Crippen molar-refractivity contribution in [2.75, 3.05) is 0 Å². The van der Waals surface area contributed by atoms with Gasteiger partial charge in [0.25, 0.3) is 10.0 Å². The van der Waals surface area contributed by atoms with Crippen LogP contribution in [-0.2, 0) is 19.7 Å². The number of sulfonamides is 1. The molecule has 32 heavy (non-hydrogen) atoms. The topological polar surface area (TPSA) is 92.4 Å². The summed E-state index contributed by atoms with van der Waals surface area (Å²) >= 11 is 0. The number of aryl methyl sites for hydroxylation is 1. The van der Waals surface area contributed by atoms with Crippen molar-refractivity contribution in [3.05, 3.63) is 48.3 Å². The van der Waals surface area contributed by atoms with Crippen LogP contribution in [0.25, 0.3) is 22.2 Å². The molecule has 1 saturated carbocycles. The summed E-state index contributed by atoms with van der Waals surface area (Å²) in [5.41, 5.74) is 3.12. The third-order valence-corrected chi connectivity index (χ3v) is 7.11. The van der Waals surface area contributed by atoms with E-state index in [0.717, 1.165) is 16.6 Å². The molecule has 170 valence electrons. The number of pyridine rings is 1. The van der Waals surface area contributed by atoms with Gasteiger partial charge in [-0.25, -0.2) is 18.2 Å². The van der Waals surface area contributed by atoms with E-state index in [4.69, 9.17) is 0 Å². The average molecular weight is 467 g/mol. The van der Waals surface area contributed by atoms with E-state index in [1.54, 1.807) is 24.4 Å². The number of halogens is 3. The van der Waals surface area contributed by atoms with Crippen LogP contribution in [0.3, 0.4) is 0 Å². The number of alkyl halides is 3. The largest absolute Gasteiger partial charge is 0.492 e. The van der Waals surface area contributed by atoms with Crippen molar-refractivity contribution < 1.29 is 31.2 Å². The molecule has 11 heteroatoms. The van der Waals surface area contributed by atoms with E-state index in [1.807, 2.05) is 13.0 Å². The fraction of sp³-hybridized carbons (Fsp3) is 0.333. The molecule has 0 radical (unpaired) electrons. The first-order chi connectivity index (χ1) is 15.1. The van der Waals surface area contributed by atoms with Crippen LogP contribution in [0.4, 0.5) is 13.2 Å². The molecule has 0 spiro atoms. The predicted molar refractivity (Wildman–Crippen MR) is 110 cm³/mol. The molecule has 0 atom stereocenters. The van der Waals surface area contributed by atoms with Crippen LogP contribution < -0.4 is 0 Å². The molecule has 4 rings (SSSR count). The van der Waals surface area contributed by atoms with Crippen LogP contribution in [0.2, 0.25) is 0 Å². The third-order valence-electron chi connectivity index (χ3n) is 5.39. The lowest BCUT2D eigenvalue weighted by atomic mass is 10.0. The van der Waals surface area contributed by atoms with Crippen molar-refractivity contribution >= 4 is 27.0 Å². The maximum Gasteiger partial charge on any atom is 0.492 e. The molecule has 7 nitrogen and oxygen atoms in total. The van der Waals surface area contributed by atoms with Crippen LogP contribution in [0.15, 0.2) is 47.5 Å². The fourth-order valence-electron chi connectivity index (χ4n) is 3.89. The zero-order valence-corrected chi connectivity index (χ0v) is 17.8. The van der Waals surface area contributed by atoms with Crippen LogP contribution in [0.1, 0.15) is 31.4 Å². The maximum absolute atomic E-state index is 13.1. The summed E-state index contributed by atoms with van der Waals surface area (Å²) in [6.45, 7) is 1.89. The van der Waals surface area contributed by atoms with Crippen molar-refractivity contribution in [3.8, 4) is 11.1 Å². The number of carbonyl (C=O) groups excluding carboxylic acids is 1. The minimum Gasteiger partial charge on any atom is -0.345 e. The molecule has 1 N–H and O–H groups in total. The monoisotopic (exact) mass is 467 g/mol. The van der Waals surface area contributed by atoms with E-state index < -0.39 is 28.2 Å². The highest BCUT2D eigenvalue weighted by molar-refractivity contribution is 7.89. The maximum atomic E-state index is 13.1. The van der Waals surface area contributed by atoms with Crippen LogP contribution in [-0.4, -0.2) is 41.0 Å². The lowest BCUT2D eigenvalue weighted by molar-refractivity contribution is -0.226. The molecule has 0 aliphatic heterocycles. The van der Waals surface area contributed by atoms with E-state index in [2.05, 4.69) is 14.8 Å². The highest BCUT2D eigenvalue weighted by atomic mass is 32.2. The quantitative estimate of drug-likeness (QED) is 0.558. The molecule has 2 aromatic heterocycles. The molecular weight excluding hydrogens is 447 g/mol. The molecule has 1 aliphatic rings. The van der Waals surface area contributed by atoms with Gasteiger partial charge in [0.1, 0.15) is 5.65 Å². The Hall–Kier alpha value is -2.92. The number of benzene rings is 1. The van der Waals surface area contributed by atoms with Crippen molar-refractivity contribution in [1.29, 1.82) is 0 Å². The zero-order valence-electron chi connectivity index (χ0n) is 17.0. The zero-order chi connectivity index (χ0) is 23.1. The van der Waals surface area contributed by atoms with Gasteiger partial charge in [-0.15, -0.1) is 0 Å². The number of hydroxylamine groups is 1. The number of aromatic nitrogens is 2. The summed E-state index contributed by atoms with van der Waals surface area (Å²) in [6, 6.07) is 8.56. The smallest absolute Gasteiger partial charge is 0.345 e. The molecule has 2 heterocycles. The number of rotatable bonds is 5. The number of carbonyl (C=O) groups is 1. The van der Waals surface area contributed by atoms with Crippen LogP contribution >= 0.6 is 0 Å². The van der Waals surface area contributed by atoms with Crippen LogP contribution in [0, 0.1) is 6.92 Å². The fourth-order valence-corrected chi connectivity index (χ4v) is 5.35. The molecule has 1 aliphatic carbocycles. The standard InChI is InChI=1S/C21H20F3N3O4S/c1-13-12-18-17(10-11-25-19(18)26-13)14-6-8-16(9-7-14)32(29,30)27(15-4-2-3-5-15)31-20(28)21(22,23)24/h6-12,15H,2-5H2,1H3,(H,25,26). The lowest BCUT2D eigenvalue weighted by Gasteiger charge is -2.26. The van der Waals surface area contributed by atoms with Gasteiger partial charge in [-0.1, -0.05) is 25.0 Å². The van der Waals surface area contributed by atoms with Crippen molar-refractivity contribution in [1.82, 2.24) is 14.4 Å². The number of nitrogens with zero attached hydrogens (tertiary/aromatic N) is 2. The Labute approximate surface area is 182 Å². The van der Waals surface area contributed by atoms with Gasteiger partial charge >= 0.3 is 12.1 Å². The minimum atomic E-state index is -5.31. The van der Waals surface area contributed by atoms with Gasteiger partial charge in [-0.05, 0) is 59.6 Å². The van der Waals surface area contributed by atoms with Crippen molar-refractivity contribution in [2.45, 2.75) is 49.7 Å². The van der Waals surface area contributed by atoms with E-state index >= 15 is 0 Å². The first kappa shape index (κ1) is 22.3. The van der Waals surface area contributed by atoms with E-state index in [1.165, 1.54) is 12.1 Å². The molecule has 0 amide bonds. The third kappa shape index (κ3) is 4.22. The molecule has 1 aromatic carbocycles. The normalized spacial score (nSPS) is 15.5. The van der Waals surface area contributed by atoms with E-state index in [9.17, 15) is 26.4 Å². The number of aromatic amines is 1. The highest BCUT2D eigenvalue weighted by Crippen LogP contribution is 2.33. The second kappa shape index (κ2) is 8.21. The van der Waals surface area contributed by atoms with Crippen LogP contribution in [0.5, 0.6) is 0 Å². The van der Waals surface area contributed by atoms with Gasteiger partial charge in [-0.3, -0.25) is 0 Å². The Balaban J connectivity index is 1.68. The second-order valence-corrected chi connectivity index (χ2v) is 9.45. The van der Waals surface area contributed by atoms with Gasteiger partial charge in [-0.2, -0.15) is 13.2 Å². The summed E-state index contributed by atoms with van der Waals surface area (Å²) in [5.74, 6) is -2.56. The van der Waals surface area contributed by atoms with Gasteiger partial charge in [0.15, 0.2) is 0 Å². The number of hydrogen-bond acceptors (Lipinski definition) is 5. The summed E-state index contributed by atoms with van der Waals surface area (Å²) < 4.78 is 64.7. The van der Waals surface area contributed by atoms with Crippen molar-refractivity contribution in [3.63, 3.8) is 0 Å². The summed E-state index contributed by atoms with van der Waals surface area (Å²) in [7, 11) is -4.51. The highest BCUT2D eigenvalue weighted by Gasteiger charge is 2.46. The second-order valence-electron chi connectivity index (χ2n) is 7.67. The number of H-pyrrole nitrogens is 1. The SMILES string of the molecule is Cc1cc2c(-c3ccc(S(=O)(=O)N(OC(=O)C(F)(F)F)C4CCCC4)cc3)ccnc2[nH]1. The molecule has 0 saturated heterocycles. The van der Waals surface area contributed by atoms with Gasteiger partial charge in [0.2, 0.25) is 0 Å². The molecular formula is C21H20F3N3O4S. The Morgan fingerprint density at radius 2 is 1.81 bits per heavy atom. The predicted octanol–water partition coefficient (Wildman–Crippen LogP) is 4.49. The van der Waals surface area contributed by atoms with E-state index in [-0.39, 0.29) is 9.36 Å².